The Kier molecular flexibility index (Phi) is 2.91. The Bertz CT molecular complexity index is 238. The Morgan fingerprint density at radius 2 is 2.15 bits per heavy atom. The van der Waals surface area contributed by atoms with Gasteiger partial charge in [0.15, 0.2) is 5.78 Å². The van der Waals surface area contributed by atoms with E-state index in [1.54, 1.807) is 7.11 Å². The van der Waals surface area contributed by atoms with Crippen LogP contribution >= 0.6 is 0 Å². The minimum Gasteiger partial charge on any atom is -0.377 e. The number of methoxy groups -OCH3 is 1. The van der Waals surface area contributed by atoms with E-state index in [1.165, 1.54) is 0 Å². The van der Waals surface area contributed by atoms with Crippen LogP contribution in [-0.4, -0.2) is 19.0 Å². The monoisotopic (exact) mass is 182 g/mol. The summed E-state index contributed by atoms with van der Waals surface area (Å²) < 4.78 is 5.30. The Morgan fingerprint density at radius 1 is 1.54 bits per heavy atom. The van der Waals surface area contributed by atoms with Crippen molar-refractivity contribution in [2.24, 2.45) is 5.41 Å². The largest absolute Gasteiger partial charge is 0.377 e. The summed E-state index contributed by atoms with van der Waals surface area (Å²) in [5.74, 6) is 0.254. The maximum atomic E-state index is 11.6. The molecular formula is C11H18O2. The van der Waals surface area contributed by atoms with Crippen molar-refractivity contribution in [3.8, 4) is 0 Å². The molecule has 0 saturated carbocycles. The van der Waals surface area contributed by atoms with Gasteiger partial charge >= 0.3 is 0 Å². The number of Topliss-reactive ketones (excluding diaryl/α,β-unsaturated/α-hetero) is 1. The fraction of sp³-hybridized carbons (Fsp3) is 0.727. The summed E-state index contributed by atoms with van der Waals surface area (Å²) in [7, 11) is 1.69. The van der Waals surface area contributed by atoms with E-state index in [-0.39, 0.29) is 17.3 Å². The first kappa shape index (κ1) is 10.5. The molecule has 0 aromatic rings. The maximum absolute atomic E-state index is 11.6. The molecule has 1 aliphatic rings. The van der Waals surface area contributed by atoms with Crippen LogP contribution in [0.3, 0.4) is 0 Å². The van der Waals surface area contributed by atoms with Crippen molar-refractivity contribution in [2.45, 2.75) is 39.7 Å². The third-order valence-corrected chi connectivity index (χ3v) is 2.57. The average Bonchev–Trinajstić information content (AvgIpc) is 2.09. The Labute approximate surface area is 80.0 Å². The van der Waals surface area contributed by atoms with Gasteiger partial charge in [0.05, 0.1) is 6.10 Å². The molecule has 0 amide bonds. The first-order valence-electron chi connectivity index (χ1n) is 4.69. The van der Waals surface area contributed by atoms with Crippen molar-refractivity contribution in [3.05, 3.63) is 11.6 Å². The van der Waals surface area contributed by atoms with Crippen LogP contribution in [0.4, 0.5) is 0 Å². The summed E-state index contributed by atoms with van der Waals surface area (Å²) in [4.78, 5) is 11.6. The normalized spacial score (nSPS) is 28.2. The summed E-state index contributed by atoms with van der Waals surface area (Å²) in [5, 5.41) is 0. The molecule has 74 valence electrons. The van der Waals surface area contributed by atoms with E-state index in [4.69, 9.17) is 4.74 Å². The van der Waals surface area contributed by atoms with Crippen molar-refractivity contribution >= 4 is 5.78 Å². The van der Waals surface area contributed by atoms with Crippen LogP contribution in [0, 0.1) is 5.41 Å². The third-order valence-electron chi connectivity index (χ3n) is 2.57. The lowest BCUT2D eigenvalue weighted by Crippen LogP contribution is -2.20. The van der Waals surface area contributed by atoms with Crippen LogP contribution in [-0.2, 0) is 9.53 Å². The van der Waals surface area contributed by atoms with Crippen LogP contribution in [0.1, 0.15) is 33.6 Å². The number of ketones is 1. The van der Waals surface area contributed by atoms with E-state index in [0.29, 0.717) is 6.42 Å². The van der Waals surface area contributed by atoms with Crippen LogP contribution in [0.5, 0.6) is 0 Å². The van der Waals surface area contributed by atoms with E-state index < -0.39 is 0 Å². The minimum atomic E-state index is 0.0615. The molecule has 0 aromatic carbocycles. The molecule has 0 saturated heterocycles. The van der Waals surface area contributed by atoms with Gasteiger partial charge in [-0.25, -0.2) is 0 Å². The highest BCUT2D eigenvalue weighted by Crippen LogP contribution is 2.32. The van der Waals surface area contributed by atoms with Crippen LogP contribution in [0.2, 0.25) is 0 Å². The second-order valence-corrected chi connectivity index (χ2v) is 4.59. The Hall–Kier alpha value is -0.630. The third kappa shape index (κ3) is 2.66. The fourth-order valence-electron chi connectivity index (χ4n) is 1.77. The Morgan fingerprint density at radius 3 is 2.69 bits per heavy atom. The van der Waals surface area contributed by atoms with Crippen molar-refractivity contribution in [2.75, 3.05) is 7.11 Å². The van der Waals surface area contributed by atoms with E-state index >= 15 is 0 Å². The predicted octanol–water partition coefficient (Wildman–Crippen LogP) is 2.34. The van der Waals surface area contributed by atoms with Gasteiger partial charge < -0.3 is 4.74 Å². The van der Waals surface area contributed by atoms with Gasteiger partial charge in [-0.05, 0) is 30.4 Å². The summed E-state index contributed by atoms with van der Waals surface area (Å²) >= 11 is 0. The second-order valence-electron chi connectivity index (χ2n) is 4.59. The predicted molar refractivity (Wildman–Crippen MR) is 52.6 cm³/mol. The topological polar surface area (TPSA) is 26.3 Å². The van der Waals surface area contributed by atoms with Gasteiger partial charge in [0.2, 0.25) is 0 Å². The van der Waals surface area contributed by atoms with Gasteiger partial charge in [-0.2, -0.15) is 0 Å². The molecule has 0 fully saturated rings. The summed E-state index contributed by atoms with van der Waals surface area (Å²) in [6.07, 6.45) is 3.60. The van der Waals surface area contributed by atoms with E-state index in [1.807, 2.05) is 13.0 Å². The molecule has 2 heteroatoms. The lowest BCUT2D eigenvalue weighted by molar-refractivity contribution is -0.117. The number of hydrogen-bond acceptors (Lipinski definition) is 2. The molecule has 0 spiro atoms. The standard InChI is InChI=1S/C11H18O2/c1-8-5-9(13-4)6-11(2,3)7-10(8)12/h5,9H,6-7H2,1-4H3. The molecule has 1 rings (SSSR count). The highest BCUT2D eigenvalue weighted by atomic mass is 16.5. The number of ether oxygens (including phenoxy) is 1. The van der Waals surface area contributed by atoms with Crippen molar-refractivity contribution in [1.82, 2.24) is 0 Å². The summed E-state index contributed by atoms with van der Waals surface area (Å²) in [5.41, 5.74) is 0.906. The average molecular weight is 182 g/mol. The van der Waals surface area contributed by atoms with Gasteiger partial charge in [0, 0.05) is 13.5 Å². The highest BCUT2D eigenvalue weighted by molar-refractivity contribution is 5.95. The van der Waals surface area contributed by atoms with Crippen LogP contribution in [0.15, 0.2) is 11.6 Å². The smallest absolute Gasteiger partial charge is 0.158 e. The molecular weight excluding hydrogens is 164 g/mol. The number of carbonyl (C=O) groups is 1. The molecule has 0 radical (unpaired) electrons. The molecule has 1 atom stereocenters. The van der Waals surface area contributed by atoms with Gasteiger partial charge in [-0.15, -0.1) is 0 Å². The maximum Gasteiger partial charge on any atom is 0.158 e. The molecule has 1 aliphatic carbocycles. The van der Waals surface area contributed by atoms with Crippen LogP contribution in [0.25, 0.3) is 0 Å². The van der Waals surface area contributed by atoms with E-state index in [2.05, 4.69) is 13.8 Å². The van der Waals surface area contributed by atoms with Gasteiger partial charge in [0.25, 0.3) is 0 Å². The number of rotatable bonds is 1. The lowest BCUT2D eigenvalue weighted by atomic mass is 9.83. The molecule has 0 aliphatic heterocycles. The quantitative estimate of drug-likeness (QED) is 0.622. The minimum absolute atomic E-state index is 0.0615. The summed E-state index contributed by atoms with van der Waals surface area (Å²) in [6, 6.07) is 0. The van der Waals surface area contributed by atoms with Gasteiger partial charge in [-0.3, -0.25) is 4.79 Å². The highest BCUT2D eigenvalue weighted by Gasteiger charge is 2.29. The van der Waals surface area contributed by atoms with E-state index in [0.717, 1.165) is 12.0 Å². The SMILES string of the molecule is COC1C=C(C)C(=O)CC(C)(C)C1. The number of hydrogen-bond donors (Lipinski definition) is 0. The van der Waals surface area contributed by atoms with Crippen molar-refractivity contribution < 1.29 is 9.53 Å². The lowest BCUT2D eigenvalue weighted by Gasteiger charge is -2.24. The zero-order valence-electron chi connectivity index (χ0n) is 8.89. The molecule has 0 N–H and O–H groups in total. The first-order valence-corrected chi connectivity index (χ1v) is 4.69. The molecule has 0 bridgehead atoms. The Balaban J connectivity index is 2.87. The van der Waals surface area contributed by atoms with Gasteiger partial charge in [-0.1, -0.05) is 13.8 Å². The zero-order valence-corrected chi connectivity index (χ0v) is 8.89. The number of carbonyl (C=O) groups excluding carboxylic acids is 1. The second kappa shape index (κ2) is 3.62. The molecule has 13 heavy (non-hydrogen) atoms. The molecule has 0 aromatic heterocycles. The molecule has 2 nitrogen and oxygen atoms in total. The van der Waals surface area contributed by atoms with Crippen molar-refractivity contribution in [3.63, 3.8) is 0 Å². The zero-order chi connectivity index (χ0) is 10.1. The first-order chi connectivity index (χ1) is 5.94. The summed E-state index contributed by atoms with van der Waals surface area (Å²) in [6.45, 7) is 6.10. The number of allylic oxidation sites excluding steroid dienone is 1. The molecule has 0 heterocycles. The van der Waals surface area contributed by atoms with E-state index in [9.17, 15) is 4.79 Å². The van der Waals surface area contributed by atoms with Gasteiger partial charge in [0.1, 0.15) is 0 Å². The van der Waals surface area contributed by atoms with Crippen molar-refractivity contribution in [1.29, 1.82) is 0 Å². The fourth-order valence-corrected chi connectivity index (χ4v) is 1.77. The molecule has 1 unspecified atom stereocenters. The van der Waals surface area contributed by atoms with Crippen LogP contribution < -0.4 is 0 Å².